The SMILES string of the molecule is CCNc1ncnc(N(CCOC)C(C)C)c1[N+](=O)[O-]. The maximum Gasteiger partial charge on any atom is 0.353 e. The van der Waals surface area contributed by atoms with Gasteiger partial charge in [0.25, 0.3) is 0 Å². The number of ether oxygens (including phenoxy) is 1. The topological polar surface area (TPSA) is 93.4 Å². The van der Waals surface area contributed by atoms with Gasteiger partial charge in [-0.05, 0) is 20.8 Å². The predicted octanol–water partition coefficient (Wildman–Crippen LogP) is 1.68. The van der Waals surface area contributed by atoms with E-state index in [9.17, 15) is 10.1 Å². The minimum Gasteiger partial charge on any atom is -0.383 e. The highest BCUT2D eigenvalue weighted by atomic mass is 16.6. The lowest BCUT2D eigenvalue weighted by molar-refractivity contribution is -0.383. The van der Waals surface area contributed by atoms with Gasteiger partial charge in [0.2, 0.25) is 11.6 Å². The lowest BCUT2D eigenvalue weighted by atomic mass is 10.3. The number of rotatable bonds is 8. The average molecular weight is 283 g/mol. The lowest BCUT2D eigenvalue weighted by Crippen LogP contribution is -2.35. The van der Waals surface area contributed by atoms with Gasteiger partial charge in [-0.2, -0.15) is 0 Å². The van der Waals surface area contributed by atoms with E-state index in [0.717, 1.165) is 0 Å². The van der Waals surface area contributed by atoms with E-state index < -0.39 is 4.92 Å². The van der Waals surface area contributed by atoms with Gasteiger partial charge in [-0.3, -0.25) is 10.1 Å². The standard InChI is InChI=1S/C12H21N5O3/c1-5-13-11-10(17(18)19)12(15-8-14-11)16(9(2)3)6-7-20-4/h8-9H,5-7H2,1-4H3,(H,13,14,15). The number of methoxy groups -OCH3 is 1. The molecule has 0 fully saturated rings. The zero-order valence-corrected chi connectivity index (χ0v) is 12.3. The van der Waals surface area contributed by atoms with Crippen molar-refractivity contribution in [1.29, 1.82) is 0 Å². The molecule has 0 radical (unpaired) electrons. The molecule has 20 heavy (non-hydrogen) atoms. The van der Waals surface area contributed by atoms with Crippen LogP contribution < -0.4 is 10.2 Å². The van der Waals surface area contributed by atoms with Crippen molar-refractivity contribution in [2.45, 2.75) is 26.8 Å². The fourth-order valence-electron chi connectivity index (χ4n) is 1.84. The molecule has 0 aliphatic rings. The van der Waals surface area contributed by atoms with Crippen LogP contribution in [0.2, 0.25) is 0 Å². The molecule has 1 rings (SSSR count). The average Bonchev–Trinajstić information content (AvgIpc) is 2.39. The van der Waals surface area contributed by atoms with Crippen LogP contribution in [-0.4, -0.2) is 47.7 Å². The van der Waals surface area contributed by atoms with Crippen molar-refractivity contribution in [2.75, 3.05) is 37.0 Å². The fraction of sp³-hybridized carbons (Fsp3) is 0.667. The molecule has 1 aromatic rings. The smallest absolute Gasteiger partial charge is 0.353 e. The number of nitrogens with one attached hydrogen (secondary N) is 1. The van der Waals surface area contributed by atoms with Crippen molar-refractivity contribution in [3.8, 4) is 0 Å². The fourth-order valence-corrected chi connectivity index (χ4v) is 1.84. The summed E-state index contributed by atoms with van der Waals surface area (Å²) >= 11 is 0. The van der Waals surface area contributed by atoms with Gasteiger partial charge in [-0.15, -0.1) is 0 Å². The molecule has 0 saturated heterocycles. The van der Waals surface area contributed by atoms with Gasteiger partial charge in [0.15, 0.2) is 0 Å². The highest BCUT2D eigenvalue weighted by Crippen LogP contribution is 2.32. The van der Waals surface area contributed by atoms with Gasteiger partial charge in [-0.25, -0.2) is 9.97 Å². The quantitative estimate of drug-likeness (QED) is 0.573. The summed E-state index contributed by atoms with van der Waals surface area (Å²) in [5, 5.41) is 14.2. The molecular weight excluding hydrogens is 262 g/mol. The first-order valence-corrected chi connectivity index (χ1v) is 6.51. The second-order valence-corrected chi connectivity index (χ2v) is 4.46. The second-order valence-electron chi connectivity index (χ2n) is 4.46. The highest BCUT2D eigenvalue weighted by molar-refractivity contribution is 5.70. The number of anilines is 2. The Morgan fingerprint density at radius 1 is 1.50 bits per heavy atom. The number of hydrogen-bond acceptors (Lipinski definition) is 7. The van der Waals surface area contributed by atoms with Crippen LogP contribution in [0.15, 0.2) is 6.33 Å². The van der Waals surface area contributed by atoms with Crippen molar-refractivity contribution in [3.63, 3.8) is 0 Å². The van der Waals surface area contributed by atoms with Crippen LogP contribution in [0.4, 0.5) is 17.3 Å². The monoisotopic (exact) mass is 283 g/mol. The molecule has 8 heteroatoms. The molecular formula is C12H21N5O3. The molecule has 0 bridgehead atoms. The Hall–Kier alpha value is -1.96. The number of hydrogen-bond donors (Lipinski definition) is 1. The van der Waals surface area contributed by atoms with Crippen LogP contribution in [0.5, 0.6) is 0 Å². The van der Waals surface area contributed by atoms with Gasteiger partial charge < -0.3 is 15.0 Å². The summed E-state index contributed by atoms with van der Waals surface area (Å²) in [7, 11) is 1.59. The number of nitro groups is 1. The van der Waals surface area contributed by atoms with E-state index in [1.807, 2.05) is 25.7 Å². The maximum absolute atomic E-state index is 11.3. The Morgan fingerprint density at radius 2 is 2.20 bits per heavy atom. The summed E-state index contributed by atoms with van der Waals surface area (Å²) < 4.78 is 5.05. The normalized spacial score (nSPS) is 10.7. The first-order valence-electron chi connectivity index (χ1n) is 6.51. The third-order valence-corrected chi connectivity index (χ3v) is 2.76. The van der Waals surface area contributed by atoms with Gasteiger partial charge in [0.05, 0.1) is 11.5 Å². The van der Waals surface area contributed by atoms with Crippen LogP contribution in [0, 0.1) is 10.1 Å². The van der Waals surface area contributed by atoms with E-state index in [1.54, 1.807) is 7.11 Å². The Balaban J connectivity index is 3.25. The molecule has 0 aromatic carbocycles. The first kappa shape index (κ1) is 16.1. The first-order chi connectivity index (χ1) is 9.52. The van der Waals surface area contributed by atoms with E-state index in [4.69, 9.17) is 4.74 Å². The molecule has 0 unspecified atom stereocenters. The summed E-state index contributed by atoms with van der Waals surface area (Å²) in [5.41, 5.74) is -0.0980. The van der Waals surface area contributed by atoms with Gasteiger partial charge in [0.1, 0.15) is 6.33 Å². The van der Waals surface area contributed by atoms with Crippen LogP contribution >= 0.6 is 0 Å². The molecule has 1 N–H and O–H groups in total. The summed E-state index contributed by atoms with van der Waals surface area (Å²) in [4.78, 5) is 20.8. The molecule has 112 valence electrons. The van der Waals surface area contributed by atoms with Crippen LogP contribution in [-0.2, 0) is 4.74 Å². The Morgan fingerprint density at radius 3 is 2.70 bits per heavy atom. The zero-order chi connectivity index (χ0) is 15.1. The van der Waals surface area contributed by atoms with E-state index in [1.165, 1.54) is 6.33 Å². The molecule has 8 nitrogen and oxygen atoms in total. The van der Waals surface area contributed by atoms with Crippen LogP contribution in [0.25, 0.3) is 0 Å². The third-order valence-electron chi connectivity index (χ3n) is 2.76. The van der Waals surface area contributed by atoms with E-state index in [0.29, 0.717) is 25.5 Å². The van der Waals surface area contributed by atoms with E-state index in [-0.39, 0.29) is 17.5 Å². The van der Waals surface area contributed by atoms with Crippen molar-refractivity contribution >= 4 is 17.3 Å². The van der Waals surface area contributed by atoms with Crippen molar-refractivity contribution in [1.82, 2.24) is 9.97 Å². The molecule has 0 spiro atoms. The summed E-state index contributed by atoms with van der Waals surface area (Å²) in [6.07, 6.45) is 1.34. The van der Waals surface area contributed by atoms with Crippen molar-refractivity contribution in [2.24, 2.45) is 0 Å². The van der Waals surface area contributed by atoms with E-state index in [2.05, 4.69) is 15.3 Å². The second kappa shape index (κ2) is 7.59. The van der Waals surface area contributed by atoms with E-state index >= 15 is 0 Å². The number of aromatic nitrogens is 2. The summed E-state index contributed by atoms with van der Waals surface area (Å²) in [5.74, 6) is 0.554. The summed E-state index contributed by atoms with van der Waals surface area (Å²) in [6.45, 7) is 7.31. The van der Waals surface area contributed by atoms with Gasteiger partial charge >= 0.3 is 5.69 Å². The minimum atomic E-state index is -0.449. The van der Waals surface area contributed by atoms with Crippen LogP contribution in [0.1, 0.15) is 20.8 Å². The largest absolute Gasteiger partial charge is 0.383 e. The number of nitrogens with zero attached hydrogens (tertiary/aromatic N) is 4. The predicted molar refractivity (Wildman–Crippen MR) is 77.2 cm³/mol. The van der Waals surface area contributed by atoms with Crippen LogP contribution in [0.3, 0.4) is 0 Å². The molecule has 0 atom stereocenters. The van der Waals surface area contributed by atoms with Gasteiger partial charge in [-0.1, -0.05) is 0 Å². The highest BCUT2D eigenvalue weighted by Gasteiger charge is 2.27. The Kier molecular flexibility index (Phi) is 6.10. The molecule has 0 aliphatic carbocycles. The van der Waals surface area contributed by atoms with Gasteiger partial charge in [0, 0.05) is 26.2 Å². The molecule has 0 aliphatic heterocycles. The summed E-state index contributed by atoms with van der Waals surface area (Å²) in [6, 6.07) is 0.0632. The third kappa shape index (κ3) is 3.77. The molecule has 1 aromatic heterocycles. The zero-order valence-electron chi connectivity index (χ0n) is 12.3. The molecule has 0 amide bonds. The van der Waals surface area contributed by atoms with Crippen molar-refractivity contribution in [3.05, 3.63) is 16.4 Å². The Bertz CT molecular complexity index is 453. The lowest BCUT2D eigenvalue weighted by Gasteiger charge is -2.27. The minimum absolute atomic E-state index is 0.0632. The maximum atomic E-state index is 11.3. The Labute approximate surface area is 118 Å². The van der Waals surface area contributed by atoms with Crippen molar-refractivity contribution < 1.29 is 9.66 Å². The molecule has 0 saturated carbocycles. The molecule has 1 heterocycles.